The minimum Gasteiger partial charge on any atom is -0.379 e. The molecule has 2 atom stereocenters. The summed E-state index contributed by atoms with van der Waals surface area (Å²) in [5.41, 5.74) is 5.45. The number of likely N-dealkylation sites (tertiary alicyclic amines) is 1. The molecule has 0 spiro atoms. The Morgan fingerprint density at radius 2 is 2.06 bits per heavy atom. The molecule has 0 saturated carbocycles. The summed E-state index contributed by atoms with van der Waals surface area (Å²) in [4.78, 5) is 16.5. The molecule has 2 heterocycles. The Bertz CT molecular complexity index is 279. The molecule has 2 aliphatic heterocycles. The highest BCUT2D eigenvalue weighted by atomic mass is 16.5. The standard InChI is InChI=1S/C13H25N3O2/c1-11-9-16(13(17)3-2-4-14)10-12(11)15-5-7-18-8-6-15/h11-12H,2-10,14H2,1H3. The van der Waals surface area contributed by atoms with Crippen molar-refractivity contribution in [2.24, 2.45) is 11.7 Å². The molecule has 0 aliphatic carbocycles. The van der Waals surface area contributed by atoms with Gasteiger partial charge in [0, 0.05) is 38.6 Å². The van der Waals surface area contributed by atoms with Gasteiger partial charge in [0.05, 0.1) is 13.2 Å². The van der Waals surface area contributed by atoms with Gasteiger partial charge in [0.15, 0.2) is 0 Å². The van der Waals surface area contributed by atoms with Gasteiger partial charge in [-0.15, -0.1) is 0 Å². The van der Waals surface area contributed by atoms with Crippen molar-refractivity contribution in [2.45, 2.75) is 25.8 Å². The average Bonchev–Trinajstić information content (AvgIpc) is 2.79. The van der Waals surface area contributed by atoms with Crippen LogP contribution in [0.15, 0.2) is 0 Å². The van der Waals surface area contributed by atoms with Crippen molar-refractivity contribution in [1.29, 1.82) is 0 Å². The number of ether oxygens (including phenoxy) is 1. The first kappa shape index (κ1) is 13.8. The number of morpholine rings is 1. The van der Waals surface area contributed by atoms with E-state index in [2.05, 4.69) is 11.8 Å². The fourth-order valence-corrected chi connectivity index (χ4v) is 2.95. The molecule has 104 valence electrons. The summed E-state index contributed by atoms with van der Waals surface area (Å²) < 4.78 is 5.39. The summed E-state index contributed by atoms with van der Waals surface area (Å²) in [7, 11) is 0. The zero-order valence-corrected chi connectivity index (χ0v) is 11.3. The monoisotopic (exact) mass is 255 g/mol. The van der Waals surface area contributed by atoms with Gasteiger partial charge in [0.2, 0.25) is 5.91 Å². The van der Waals surface area contributed by atoms with Crippen molar-refractivity contribution in [3.63, 3.8) is 0 Å². The van der Waals surface area contributed by atoms with Crippen molar-refractivity contribution in [3.05, 3.63) is 0 Å². The third kappa shape index (κ3) is 3.22. The first-order chi connectivity index (χ1) is 8.72. The molecule has 0 aromatic carbocycles. The molecule has 1 amide bonds. The predicted molar refractivity (Wildman–Crippen MR) is 70.2 cm³/mol. The number of hydrogen-bond donors (Lipinski definition) is 1. The van der Waals surface area contributed by atoms with Crippen molar-refractivity contribution in [2.75, 3.05) is 45.9 Å². The Morgan fingerprint density at radius 3 is 2.72 bits per heavy atom. The second kappa shape index (κ2) is 6.50. The number of nitrogens with two attached hydrogens (primary N) is 1. The molecule has 2 unspecified atom stereocenters. The Hall–Kier alpha value is -0.650. The second-order valence-corrected chi connectivity index (χ2v) is 5.38. The molecule has 2 fully saturated rings. The van der Waals surface area contributed by atoms with Crippen molar-refractivity contribution < 1.29 is 9.53 Å². The van der Waals surface area contributed by atoms with Crippen LogP contribution in [0, 0.1) is 5.92 Å². The lowest BCUT2D eigenvalue weighted by Crippen LogP contribution is -2.47. The van der Waals surface area contributed by atoms with Gasteiger partial charge in [0.25, 0.3) is 0 Å². The van der Waals surface area contributed by atoms with Crippen LogP contribution in [0.5, 0.6) is 0 Å². The van der Waals surface area contributed by atoms with Gasteiger partial charge in [-0.1, -0.05) is 6.92 Å². The van der Waals surface area contributed by atoms with Gasteiger partial charge in [-0.25, -0.2) is 0 Å². The molecule has 2 saturated heterocycles. The number of carbonyl (C=O) groups excluding carboxylic acids is 1. The molecule has 5 heteroatoms. The Balaban J connectivity index is 1.85. The first-order valence-corrected chi connectivity index (χ1v) is 7.02. The summed E-state index contributed by atoms with van der Waals surface area (Å²) in [6.07, 6.45) is 1.39. The van der Waals surface area contributed by atoms with Gasteiger partial charge in [-0.2, -0.15) is 0 Å². The van der Waals surface area contributed by atoms with Crippen LogP contribution >= 0.6 is 0 Å². The molecular weight excluding hydrogens is 230 g/mol. The quantitative estimate of drug-likeness (QED) is 0.762. The highest BCUT2D eigenvalue weighted by Crippen LogP contribution is 2.23. The van der Waals surface area contributed by atoms with E-state index in [1.54, 1.807) is 0 Å². The first-order valence-electron chi connectivity index (χ1n) is 7.02. The summed E-state index contributed by atoms with van der Waals surface area (Å²) in [5, 5.41) is 0. The van der Waals surface area contributed by atoms with Crippen molar-refractivity contribution in [3.8, 4) is 0 Å². The molecular formula is C13H25N3O2. The van der Waals surface area contributed by atoms with Crippen LogP contribution in [0.25, 0.3) is 0 Å². The third-order valence-electron chi connectivity index (χ3n) is 4.03. The molecule has 0 radical (unpaired) electrons. The van der Waals surface area contributed by atoms with Crippen LogP contribution in [0.4, 0.5) is 0 Å². The molecule has 2 rings (SSSR count). The maximum absolute atomic E-state index is 12.0. The summed E-state index contributed by atoms with van der Waals surface area (Å²) in [5.74, 6) is 0.827. The van der Waals surface area contributed by atoms with Crippen molar-refractivity contribution in [1.82, 2.24) is 9.80 Å². The molecule has 2 N–H and O–H groups in total. The summed E-state index contributed by atoms with van der Waals surface area (Å²) in [6, 6.07) is 0.510. The Morgan fingerprint density at radius 1 is 1.33 bits per heavy atom. The van der Waals surface area contributed by atoms with E-state index < -0.39 is 0 Å². The largest absolute Gasteiger partial charge is 0.379 e. The van der Waals surface area contributed by atoms with Crippen molar-refractivity contribution >= 4 is 5.91 Å². The number of amides is 1. The van der Waals surface area contributed by atoms with Gasteiger partial charge in [-0.05, 0) is 18.9 Å². The molecule has 0 aromatic rings. The van der Waals surface area contributed by atoms with Gasteiger partial charge >= 0.3 is 0 Å². The van der Waals surface area contributed by atoms with Crippen LogP contribution in [0.2, 0.25) is 0 Å². The SMILES string of the molecule is CC1CN(C(=O)CCCN)CC1N1CCOCC1. The van der Waals surface area contributed by atoms with E-state index in [1.807, 2.05) is 4.90 Å². The average molecular weight is 255 g/mol. The zero-order valence-electron chi connectivity index (χ0n) is 11.3. The van der Waals surface area contributed by atoms with E-state index in [4.69, 9.17) is 10.5 Å². The van der Waals surface area contributed by atoms with E-state index in [-0.39, 0.29) is 5.91 Å². The lowest BCUT2D eigenvalue weighted by molar-refractivity contribution is -0.130. The van der Waals surface area contributed by atoms with Crippen LogP contribution in [0.1, 0.15) is 19.8 Å². The van der Waals surface area contributed by atoms with Crippen LogP contribution in [0.3, 0.4) is 0 Å². The van der Waals surface area contributed by atoms with E-state index in [0.29, 0.717) is 24.9 Å². The topological polar surface area (TPSA) is 58.8 Å². The van der Waals surface area contributed by atoms with E-state index in [1.165, 1.54) is 0 Å². The Kier molecular flexibility index (Phi) is 4.97. The normalized spacial score (nSPS) is 29.8. The number of rotatable bonds is 4. The van der Waals surface area contributed by atoms with E-state index >= 15 is 0 Å². The summed E-state index contributed by atoms with van der Waals surface area (Å²) in [6.45, 7) is 8.27. The Labute approximate surface area is 109 Å². The van der Waals surface area contributed by atoms with Gasteiger partial charge in [-0.3, -0.25) is 9.69 Å². The van der Waals surface area contributed by atoms with Gasteiger partial charge in [0.1, 0.15) is 0 Å². The maximum atomic E-state index is 12.0. The minimum absolute atomic E-state index is 0.267. The lowest BCUT2D eigenvalue weighted by atomic mass is 10.0. The third-order valence-corrected chi connectivity index (χ3v) is 4.03. The summed E-state index contributed by atoms with van der Waals surface area (Å²) >= 11 is 0. The van der Waals surface area contributed by atoms with Crippen LogP contribution < -0.4 is 5.73 Å². The maximum Gasteiger partial charge on any atom is 0.222 e. The molecule has 0 bridgehead atoms. The fourth-order valence-electron chi connectivity index (χ4n) is 2.95. The van der Waals surface area contributed by atoms with Gasteiger partial charge < -0.3 is 15.4 Å². The number of nitrogens with zero attached hydrogens (tertiary/aromatic N) is 2. The van der Waals surface area contributed by atoms with Crippen LogP contribution in [-0.4, -0.2) is 67.7 Å². The van der Waals surface area contributed by atoms with Crippen LogP contribution in [-0.2, 0) is 9.53 Å². The van der Waals surface area contributed by atoms with E-state index in [0.717, 1.165) is 45.8 Å². The number of carbonyl (C=O) groups is 1. The smallest absolute Gasteiger partial charge is 0.222 e. The molecule has 5 nitrogen and oxygen atoms in total. The molecule has 0 aromatic heterocycles. The zero-order chi connectivity index (χ0) is 13.0. The predicted octanol–water partition coefficient (Wildman–Crippen LogP) is -0.0956. The van der Waals surface area contributed by atoms with E-state index in [9.17, 15) is 4.79 Å². The highest BCUT2D eigenvalue weighted by molar-refractivity contribution is 5.76. The number of hydrogen-bond acceptors (Lipinski definition) is 4. The fraction of sp³-hybridized carbons (Fsp3) is 0.923. The molecule has 2 aliphatic rings. The minimum atomic E-state index is 0.267. The lowest BCUT2D eigenvalue weighted by Gasteiger charge is -2.34. The highest BCUT2D eigenvalue weighted by Gasteiger charge is 2.36. The second-order valence-electron chi connectivity index (χ2n) is 5.38. The molecule has 18 heavy (non-hydrogen) atoms.